The van der Waals surface area contributed by atoms with Crippen molar-refractivity contribution in [1.82, 2.24) is 9.97 Å². The Balaban J connectivity index is 1.86. The van der Waals surface area contributed by atoms with Gasteiger partial charge in [-0.25, -0.2) is 4.98 Å². The van der Waals surface area contributed by atoms with Crippen LogP contribution >= 0.6 is 0 Å². The maximum absolute atomic E-state index is 12.4. The smallest absolute Gasteiger partial charge is 0.257 e. The zero-order valence-electron chi connectivity index (χ0n) is 14.4. The third-order valence-electron chi connectivity index (χ3n) is 3.83. The number of hydrogen-bond acceptors (Lipinski definition) is 4. The van der Waals surface area contributed by atoms with E-state index >= 15 is 0 Å². The standard InChI is InChI=1S/C19H20N4O2/c1-19(2,3)16(24)15-9-11-8-12(10-21-17(11)23-15)18(25)22-14-6-4-13(20)5-7-14/h4-10H,20H2,1-3H3,(H,21,23)(H,22,25). The third-order valence-corrected chi connectivity index (χ3v) is 3.83. The second kappa shape index (κ2) is 6.05. The van der Waals surface area contributed by atoms with Gasteiger partial charge < -0.3 is 16.0 Å². The molecule has 0 radical (unpaired) electrons. The highest BCUT2D eigenvalue weighted by Crippen LogP contribution is 2.23. The number of carbonyl (C=O) groups is 2. The number of benzene rings is 1. The van der Waals surface area contributed by atoms with Crippen LogP contribution in [0.25, 0.3) is 11.0 Å². The summed E-state index contributed by atoms with van der Waals surface area (Å²) < 4.78 is 0. The van der Waals surface area contributed by atoms with Crippen molar-refractivity contribution in [1.29, 1.82) is 0 Å². The second-order valence-electron chi connectivity index (χ2n) is 7.00. The molecule has 0 bridgehead atoms. The number of rotatable bonds is 3. The van der Waals surface area contributed by atoms with Crippen LogP contribution in [0.3, 0.4) is 0 Å². The molecule has 0 saturated heterocycles. The van der Waals surface area contributed by atoms with Crippen LogP contribution in [-0.4, -0.2) is 21.7 Å². The Bertz CT molecular complexity index is 950. The summed E-state index contributed by atoms with van der Waals surface area (Å²) in [6.07, 6.45) is 1.48. The monoisotopic (exact) mass is 336 g/mol. The molecular formula is C19H20N4O2. The van der Waals surface area contributed by atoms with Gasteiger partial charge in [0.1, 0.15) is 5.65 Å². The molecule has 6 nitrogen and oxygen atoms in total. The van der Waals surface area contributed by atoms with Crippen molar-refractivity contribution >= 4 is 34.1 Å². The number of fused-ring (bicyclic) bond motifs is 1. The summed E-state index contributed by atoms with van der Waals surface area (Å²) in [4.78, 5) is 32.0. The number of nitrogens with zero attached hydrogens (tertiary/aromatic N) is 1. The number of hydrogen-bond donors (Lipinski definition) is 3. The number of Topliss-reactive ketones (excluding diaryl/α,β-unsaturated/α-hetero) is 1. The number of aromatic amines is 1. The van der Waals surface area contributed by atoms with Gasteiger partial charge in [0.15, 0.2) is 5.78 Å². The van der Waals surface area contributed by atoms with E-state index in [0.717, 1.165) is 5.39 Å². The largest absolute Gasteiger partial charge is 0.399 e. The number of nitrogen functional groups attached to an aromatic ring is 1. The summed E-state index contributed by atoms with van der Waals surface area (Å²) >= 11 is 0. The van der Waals surface area contributed by atoms with Crippen LogP contribution in [0.5, 0.6) is 0 Å². The third kappa shape index (κ3) is 3.52. The summed E-state index contributed by atoms with van der Waals surface area (Å²) in [7, 11) is 0. The number of amides is 1. The number of pyridine rings is 1. The molecule has 0 saturated carbocycles. The first kappa shape index (κ1) is 16.7. The lowest BCUT2D eigenvalue weighted by Crippen LogP contribution is -2.20. The summed E-state index contributed by atoms with van der Waals surface area (Å²) in [6.45, 7) is 5.58. The lowest BCUT2D eigenvalue weighted by molar-refractivity contribution is 0.0853. The van der Waals surface area contributed by atoms with Crippen LogP contribution in [0.4, 0.5) is 11.4 Å². The molecule has 0 atom stereocenters. The lowest BCUT2D eigenvalue weighted by atomic mass is 9.89. The molecule has 0 aliphatic carbocycles. The summed E-state index contributed by atoms with van der Waals surface area (Å²) in [5.41, 5.74) is 7.91. The minimum atomic E-state index is -0.490. The SMILES string of the molecule is CC(C)(C)C(=O)c1cc2cc(C(=O)Nc3ccc(N)cc3)cnc2[nH]1. The van der Waals surface area contributed by atoms with Gasteiger partial charge in [-0.05, 0) is 36.4 Å². The van der Waals surface area contributed by atoms with E-state index in [9.17, 15) is 9.59 Å². The van der Waals surface area contributed by atoms with Gasteiger partial charge >= 0.3 is 0 Å². The summed E-state index contributed by atoms with van der Waals surface area (Å²) in [6, 6.07) is 10.3. The minimum absolute atomic E-state index is 0.00150. The van der Waals surface area contributed by atoms with Crippen molar-refractivity contribution in [2.75, 3.05) is 11.1 Å². The van der Waals surface area contributed by atoms with Gasteiger partial charge in [-0.2, -0.15) is 0 Å². The van der Waals surface area contributed by atoms with Crippen molar-refractivity contribution < 1.29 is 9.59 Å². The van der Waals surface area contributed by atoms with Crippen LogP contribution in [0.15, 0.2) is 42.6 Å². The molecule has 1 amide bonds. The number of nitrogens with one attached hydrogen (secondary N) is 2. The average molecular weight is 336 g/mol. The molecule has 2 aromatic heterocycles. The van der Waals surface area contributed by atoms with Gasteiger partial charge in [0.05, 0.1) is 11.3 Å². The minimum Gasteiger partial charge on any atom is -0.399 e. The molecule has 3 aromatic rings. The van der Waals surface area contributed by atoms with Crippen LogP contribution in [0.2, 0.25) is 0 Å². The fourth-order valence-corrected chi connectivity index (χ4v) is 2.44. The molecule has 3 rings (SSSR count). The average Bonchev–Trinajstić information content (AvgIpc) is 2.98. The maximum atomic E-state index is 12.4. The molecule has 2 heterocycles. The van der Waals surface area contributed by atoms with Gasteiger partial charge in [0.2, 0.25) is 0 Å². The first-order chi connectivity index (χ1) is 11.7. The highest BCUT2D eigenvalue weighted by Gasteiger charge is 2.24. The normalized spacial score (nSPS) is 11.5. The van der Waals surface area contributed by atoms with Crippen molar-refractivity contribution in [3.05, 3.63) is 53.9 Å². The Labute approximate surface area is 145 Å². The summed E-state index contributed by atoms with van der Waals surface area (Å²) in [5.74, 6) is -0.276. The van der Waals surface area contributed by atoms with Gasteiger partial charge in [-0.1, -0.05) is 20.8 Å². The second-order valence-corrected chi connectivity index (χ2v) is 7.00. The molecule has 6 heteroatoms. The van der Waals surface area contributed by atoms with Crippen molar-refractivity contribution in [3.8, 4) is 0 Å². The highest BCUT2D eigenvalue weighted by atomic mass is 16.1. The Morgan fingerprint density at radius 3 is 2.44 bits per heavy atom. The molecular weight excluding hydrogens is 316 g/mol. The van der Waals surface area contributed by atoms with E-state index in [1.807, 2.05) is 20.8 Å². The fraction of sp³-hybridized carbons (Fsp3) is 0.211. The number of anilines is 2. The van der Waals surface area contributed by atoms with E-state index in [0.29, 0.717) is 28.3 Å². The first-order valence-corrected chi connectivity index (χ1v) is 7.94. The van der Waals surface area contributed by atoms with Gasteiger partial charge in [-0.15, -0.1) is 0 Å². The fourth-order valence-electron chi connectivity index (χ4n) is 2.44. The topological polar surface area (TPSA) is 101 Å². The molecule has 25 heavy (non-hydrogen) atoms. The molecule has 1 aromatic carbocycles. The Kier molecular flexibility index (Phi) is 4.04. The van der Waals surface area contributed by atoms with Crippen LogP contribution in [0.1, 0.15) is 41.6 Å². The molecule has 128 valence electrons. The first-order valence-electron chi connectivity index (χ1n) is 7.94. The van der Waals surface area contributed by atoms with Crippen molar-refractivity contribution in [2.45, 2.75) is 20.8 Å². The van der Waals surface area contributed by atoms with Gasteiger partial charge in [0, 0.05) is 28.4 Å². The zero-order chi connectivity index (χ0) is 18.2. The molecule has 0 aliphatic heterocycles. The van der Waals surface area contributed by atoms with Crippen LogP contribution < -0.4 is 11.1 Å². The molecule has 4 N–H and O–H groups in total. The molecule has 0 aliphatic rings. The lowest BCUT2D eigenvalue weighted by Gasteiger charge is -2.14. The summed E-state index contributed by atoms with van der Waals surface area (Å²) in [5, 5.41) is 3.51. The molecule has 0 fully saturated rings. The van der Waals surface area contributed by atoms with Crippen molar-refractivity contribution in [2.24, 2.45) is 5.41 Å². The predicted octanol–water partition coefficient (Wildman–Crippen LogP) is 3.63. The van der Waals surface area contributed by atoms with Crippen LogP contribution in [-0.2, 0) is 0 Å². The van der Waals surface area contributed by atoms with Crippen molar-refractivity contribution in [3.63, 3.8) is 0 Å². The van der Waals surface area contributed by atoms with E-state index in [1.165, 1.54) is 6.20 Å². The number of H-pyrrole nitrogens is 1. The van der Waals surface area contributed by atoms with E-state index < -0.39 is 5.41 Å². The Morgan fingerprint density at radius 1 is 1.12 bits per heavy atom. The van der Waals surface area contributed by atoms with E-state index in [1.54, 1.807) is 36.4 Å². The number of nitrogens with two attached hydrogens (primary N) is 1. The van der Waals surface area contributed by atoms with Gasteiger partial charge in [-0.3, -0.25) is 9.59 Å². The van der Waals surface area contributed by atoms with E-state index in [2.05, 4.69) is 15.3 Å². The van der Waals surface area contributed by atoms with E-state index in [-0.39, 0.29) is 11.7 Å². The zero-order valence-corrected chi connectivity index (χ0v) is 14.4. The number of aromatic nitrogens is 2. The van der Waals surface area contributed by atoms with E-state index in [4.69, 9.17) is 5.73 Å². The predicted molar refractivity (Wildman–Crippen MR) is 98.7 cm³/mol. The van der Waals surface area contributed by atoms with Crippen LogP contribution in [0, 0.1) is 5.41 Å². The Hall–Kier alpha value is -3.15. The number of carbonyl (C=O) groups excluding carboxylic acids is 2. The highest BCUT2D eigenvalue weighted by molar-refractivity contribution is 6.07. The Morgan fingerprint density at radius 2 is 1.80 bits per heavy atom. The molecule has 0 unspecified atom stereocenters. The quantitative estimate of drug-likeness (QED) is 0.502. The maximum Gasteiger partial charge on any atom is 0.257 e. The molecule has 0 spiro atoms. The van der Waals surface area contributed by atoms with Gasteiger partial charge in [0.25, 0.3) is 5.91 Å². The number of ketones is 1.